The molecule has 0 aromatic heterocycles. The molecule has 2 saturated heterocycles. The maximum atomic E-state index is 12.5. The van der Waals surface area contributed by atoms with Crippen molar-refractivity contribution in [1.29, 1.82) is 0 Å². The molecule has 0 aliphatic carbocycles. The molecule has 2 fully saturated rings. The van der Waals surface area contributed by atoms with E-state index in [4.69, 9.17) is 9.47 Å². The minimum Gasteiger partial charge on any atom is -0.497 e. The highest BCUT2D eigenvalue weighted by Crippen LogP contribution is 2.16. The second-order valence-electron chi connectivity index (χ2n) is 7.24. The molecule has 1 aromatic rings. The van der Waals surface area contributed by atoms with Crippen molar-refractivity contribution in [3.8, 4) is 5.75 Å². The van der Waals surface area contributed by atoms with Crippen LogP contribution < -0.4 is 10.1 Å². The number of nitrogens with zero attached hydrogens (tertiary/aromatic N) is 3. The molecule has 0 radical (unpaired) electrons. The van der Waals surface area contributed by atoms with Gasteiger partial charge in [0.2, 0.25) is 0 Å². The topological polar surface area (TPSA) is 66.4 Å². The molecule has 1 unspecified atom stereocenters. The Kier molecular flexibility index (Phi) is 7.54. The number of carbonyl (C=O) groups excluding carboxylic acids is 1. The van der Waals surface area contributed by atoms with Crippen LogP contribution in [0.5, 0.6) is 5.75 Å². The van der Waals surface area contributed by atoms with E-state index < -0.39 is 0 Å². The van der Waals surface area contributed by atoms with Crippen molar-refractivity contribution < 1.29 is 14.3 Å². The standard InChI is InChI=1S/C21H32N4O3/c1-22-21(23-10-4-7-17-6-3-8-18(16-17)27-2)25-13-11-24(12-14-25)20(26)19-9-5-15-28-19/h3,6,8,16,19H,4-5,7,9-15H2,1-2H3,(H,22,23). The normalized spacial score (nSPS) is 20.4. The van der Waals surface area contributed by atoms with Gasteiger partial charge in [0, 0.05) is 46.4 Å². The Balaban J connectivity index is 1.39. The number of amides is 1. The summed E-state index contributed by atoms with van der Waals surface area (Å²) in [6, 6.07) is 8.20. The van der Waals surface area contributed by atoms with Crippen molar-refractivity contribution in [3.05, 3.63) is 29.8 Å². The lowest BCUT2D eigenvalue weighted by molar-refractivity contribution is -0.142. The number of ether oxygens (including phenoxy) is 2. The number of hydrogen-bond acceptors (Lipinski definition) is 4. The molecule has 1 N–H and O–H groups in total. The lowest BCUT2D eigenvalue weighted by Gasteiger charge is -2.37. The summed E-state index contributed by atoms with van der Waals surface area (Å²) in [5.41, 5.74) is 1.28. The molecular weight excluding hydrogens is 356 g/mol. The maximum Gasteiger partial charge on any atom is 0.251 e. The second-order valence-corrected chi connectivity index (χ2v) is 7.24. The summed E-state index contributed by atoms with van der Waals surface area (Å²) in [4.78, 5) is 21.0. The predicted octanol–water partition coefficient (Wildman–Crippen LogP) is 1.53. The van der Waals surface area contributed by atoms with Crippen LogP contribution in [0.15, 0.2) is 29.3 Å². The zero-order valence-electron chi connectivity index (χ0n) is 17.0. The van der Waals surface area contributed by atoms with Gasteiger partial charge in [-0.25, -0.2) is 0 Å². The molecule has 7 nitrogen and oxygen atoms in total. The van der Waals surface area contributed by atoms with Crippen LogP contribution in [0.1, 0.15) is 24.8 Å². The molecule has 7 heteroatoms. The van der Waals surface area contributed by atoms with E-state index in [0.29, 0.717) is 6.61 Å². The summed E-state index contributed by atoms with van der Waals surface area (Å²) < 4.78 is 10.8. The average Bonchev–Trinajstić information content (AvgIpc) is 3.28. The van der Waals surface area contributed by atoms with Crippen LogP contribution in [-0.4, -0.2) is 81.3 Å². The molecule has 3 rings (SSSR count). The van der Waals surface area contributed by atoms with Gasteiger partial charge in [0.25, 0.3) is 5.91 Å². The Labute approximate surface area is 167 Å². The van der Waals surface area contributed by atoms with E-state index >= 15 is 0 Å². The van der Waals surface area contributed by atoms with E-state index in [-0.39, 0.29) is 12.0 Å². The van der Waals surface area contributed by atoms with Crippen molar-refractivity contribution in [2.45, 2.75) is 31.8 Å². The lowest BCUT2D eigenvalue weighted by Crippen LogP contribution is -2.55. The van der Waals surface area contributed by atoms with E-state index in [9.17, 15) is 4.79 Å². The van der Waals surface area contributed by atoms with Crippen molar-refractivity contribution in [2.75, 3.05) is 53.5 Å². The number of guanidine groups is 1. The zero-order valence-corrected chi connectivity index (χ0v) is 17.0. The fourth-order valence-electron chi connectivity index (χ4n) is 3.77. The monoisotopic (exact) mass is 388 g/mol. The molecule has 1 atom stereocenters. The molecule has 2 heterocycles. The minimum absolute atomic E-state index is 0.151. The number of hydrogen-bond donors (Lipinski definition) is 1. The van der Waals surface area contributed by atoms with Gasteiger partial charge in [0.05, 0.1) is 7.11 Å². The van der Waals surface area contributed by atoms with Crippen LogP contribution in [-0.2, 0) is 16.0 Å². The number of rotatable bonds is 6. The molecule has 2 aliphatic rings. The first-order valence-electron chi connectivity index (χ1n) is 10.2. The van der Waals surface area contributed by atoms with Gasteiger partial charge in [-0.3, -0.25) is 9.79 Å². The maximum absolute atomic E-state index is 12.5. The van der Waals surface area contributed by atoms with Gasteiger partial charge in [0.15, 0.2) is 5.96 Å². The Hall–Kier alpha value is -2.28. The number of aliphatic imine (C=N–C) groups is 1. The van der Waals surface area contributed by atoms with Gasteiger partial charge in [-0.15, -0.1) is 0 Å². The molecule has 28 heavy (non-hydrogen) atoms. The molecule has 2 aliphatic heterocycles. The van der Waals surface area contributed by atoms with E-state index in [2.05, 4.69) is 27.3 Å². The first-order chi connectivity index (χ1) is 13.7. The third-order valence-corrected chi connectivity index (χ3v) is 5.37. The molecule has 1 amide bonds. The Morgan fingerprint density at radius 3 is 2.75 bits per heavy atom. The zero-order chi connectivity index (χ0) is 19.8. The number of carbonyl (C=O) groups is 1. The van der Waals surface area contributed by atoms with Crippen molar-refractivity contribution in [3.63, 3.8) is 0 Å². The molecule has 1 aromatic carbocycles. The third-order valence-electron chi connectivity index (χ3n) is 5.37. The van der Waals surface area contributed by atoms with E-state index in [1.54, 1.807) is 7.11 Å². The summed E-state index contributed by atoms with van der Waals surface area (Å²) in [5.74, 6) is 1.96. The van der Waals surface area contributed by atoms with E-state index in [0.717, 1.165) is 70.1 Å². The Morgan fingerprint density at radius 2 is 2.07 bits per heavy atom. The molecule has 154 valence electrons. The fourth-order valence-corrected chi connectivity index (χ4v) is 3.77. The van der Waals surface area contributed by atoms with Gasteiger partial charge in [-0.1, -0.05) is 12.1 Å². The van der Waals surface area contributed by atoms with E-state index in [1.165, 1.54) is 5.56 Å². The number of piperazine rings is 1. The van der Waals surface area contributed by atoms with Crippen LogP contribution in [0.4, 0.5) is 0 Å². The molecular formula is C21H32N4O3. The van der Waals surface area contributed by atoms with Gasteiger partial charge in [-0.2, -0.15) is 0 Å². The van der Waals surface area contributed by atoms with Crippen molar-refractivity contribution in [1.82, 2.24) is 15.1 Å². The van der Waals surface area contributed by atoms with Crippen LogP contribution in [0.3, 0.4) is 0 Å². The van der Waals surface area contributed by atoms with Crippen LogP contribution in [0.25, 0.3) is 0 Å². The Morgan fingerprint density at radius 1 is 1.29 bits per heavy atom. The highest BCUT2D eigenvalue weighted by atomic mass is 16.5. The number of nitrogens with one attached hydrogen (secondary N) is 1. The van der Waals surface area contributed by atoms with Gasteiger partial charge in [0.1, 0.15) is 11.9 Å². The van der Waals surface area contributed by atoms with Crippen LogP contribution in [0.2, 0.25) is 0 Å². The smallest absolute Gasteiger partial charge is 0.251 e. The average molecular weight is 389 g/mol. The highest BCUT2D eigenvalue weighted by molar-refractivity contribution is 5.82. The summed E-state index contributed by atoms with van der Waals surface area (Å²) >= 11 is 0. The van der Waals surface area contributed by atoms with Crippen LogP contribution in [0, 0.1) is 0 Å². The SMILES string of the molecule is CN=C(NCCCc1cccc(OC)c1)N1CCN(C(=O)C2CCCO2)CC1. The van der Waals surface area contributed by atoms with Crippen molar-refractivity contribution >= 4 is 11.9 Å². The number of aryl methyl sites for hydroxylation is 1. The minimum atomic E-state index is -0.222. The third kappa shape index (κ3) is 5.38. The summed E-state index contributed by atoms with van der Waals surface area (Å²) in [5, 5.41) is 3.45. The van der Waals surface area contributed by atoms with Gasteiger partial charge in [-0.05, 0) is 43.4 Å². The summed E-state index contributed by atoms with van der Waals surface area (Å²) in [7, 11) is 3.51. The number of benzene rings is 1. The van der Waals surface area contributed by atoms with Gasteiger partial charge < -0.3 is 24.6 Å². The lowest BCUT2D eigenvalue weighted by atomic mass is 10.1. The first-order valence-corrected chi connectivity index (χ1v) is 10.2. The first kappa shape index (κ1) is 20.5. The van der Waals surface area contributed by atoms with Crippen molar-refractivity contribution in [2.24, 2.45) is 4.99 Å². The summed E-state index contributed by atoms with van der Waals surface area (Å²) in [6.45, 7) is 4.62. The molecule has 0 bridgehead atoms. The van der Waals surface area contributed by atoms with Gasteiger partial charge >= 0.3 is 0 Å². The quantitative estimate of drug-likeness (QED) is 0.455. The second kappa shape index (κ2) is 10.3. The van der Waals surface area contributed by atoms with E-state index in [1.807, 2.05) is 24.1 Å². The van der Waals surface area contributed by atoms with Crippen LogP contribution >= 0.6 is 0 Å². The summed E-state index contributed by atoms with van der Waals surface area (Å²) in [6.07, 6.45) is 3.63. The molecule has 0 saturated carbocycles. The predicted molar refractivity (Wildman–Crippen MR) is 110 cm³/mol. The molecule has 0 spiro atoms. The highest BCUT2D eigenvalue weighted by Gasteiger charge is 2.30. The number of methoxy groups -OCH3 is 1. The fraction of sp³-hybridized carbons (Fsp3) is 0.619. The largest absolute Gasteiger partial charge is 0.497 e. The Bertz CT molecular complexity index is 665.